The number of nitrogens with one attached hydrogen (secondary N) is 2. The largest absolute Gasteiger partial charge is 0.496 e. The van der Waals surface area contributed by atoms with Crippen molar-refractivity contribution in [1.29, 1.82) is 0 Å². The van der Waals surface area contributed by atoms with Crippen molar-refractivity contribution >= 4 is 71.8 Å². The van der Waals surface area contributed by atoms with Gasteiger partial charge in [0.15, 0.2) is 10.2 Å². The molecule has 3 aromatic rings. The van der Waals surface area contributed by atoms with E-state index in [0.29, 0.717) is 38.6 Å². The lowest BCUT2D eigenvalue weighted by Crippen LogP contribution is -2.34. The van der Waals surface area contributed by atoms with E-state index in [1.54, 1.807) is 50.4 Å². The molecule has 29 heavy (non-hydrogen) atoms. The fraction of sp³-hybridized carbons (Fsp3) is 0.158. The maximum Gasteiger partial charge on any atom is 0.338 e. The summed E-state index contributed by atoms with van der Waals surface area (Å²) >= 11 is 9.87. The number of fused-ring (bicyclic) bond motifs is 1. The number of methoxy groups -OCH3 is 1. The number of hydrogen-bond donors (Lipinski definition) is 2. The summed E-state index contributed by atoms with van der Waals surface area (Å²) in [7, 11) is 1.55. The van der Waals surface area contributed by atoms with Gasteiger partial charge in [-0.1, -0.05) is 11.3 Å². The van der Waals surface area contributed by atoms with Crippen LogP contribution < -0.4 is 15.4 Å². The van der Waals surface area contributed by atoms with Crippen molar-refractivity contribution in [2.45, 2.75) is 6.92 Å². The highest BCUT2D eigenvalue weighted by atomic mass is 79.9. The molecule has 0 spiro atoms. The molecule has 0 aliphatic heterocycles. The average Bonchev–Trinajstić information content (AvgIpc) is 3.09. The molecule has 0 aliphatic rings. The summed E-state index contributed by atoms with van der Waals surface area (Å²) < 4.78 is 11.6. The number of benzene rings is 2. The van der Waals surface area contributed by atoms with Gasteiger partial charge in [0.1, 0.15) is 5.75 Å². The van der Waals surface area contributed by atoms with E-state index in [9.17, 15) is 9.59 Å². The highest BCUT2D eigenvalue weighted by Gasteiger charge is 2.13. The third-order valence-electron chi connectivity index (χ3n) is 3.76. The number of amides is 1. The summed E-state index contributed by atoms with van der Waals surface area (Å²) in [5, 5.41) is 6.13. The van der Waals surface area contributed by atoms with Gasteiger partial charge in [-0.15, -0.1) is 0 Å². The molecule has 3 rings (SSSR count). The normalized spacial score (nSPS) is 10.4. The molecule has 0 atom stereocenters. The van der Waals surface area contributed by atoms with Gasteiger partial charge in [-0.3, -0.25) is 10.1 Å². The van der Waals surface area contributed by atoms with Crippen LogP contribution >= 0.6 is 39.5 Å². The van der Waals surface area contributed by atoms with Gasteiger partial charge in [-0.2, -0.15) is 0 Å². The second kappa shape index (κ2) is 9.29. The molecular weight excluding hydrogens is 478 g/mol. The molecule has 2 aromatic carbocycles. The summed E-state index contributed by atoms with van der Waals surface area (Å²) in [6.07, 6.45) is 0. The van der Waals surface area contributed by atoms with Crippen LogP contribution in [0.2, 0.25) is 0 Å². The van der Waals surface area contributed by atoms with Gasteiger partial charge < -0.3 is 14.8 Å². The number of rotatable bonds is 5. The number of esters is 1. The third kappa shape index (κ3) is 5.08. The zero-order valence-electron chi connectivity index (χ0n) is 15.4. The lowest BCUT2D eigenvalue weighted by molar-refractivity contribution is 0.0526. The van der Waals surface area contributed by atoms with Crippen LogP contribution in [0, 0.1) is 0 Å². The van der Waals surface area contributed by atoms with Crippen molar-refractivity contribution in [1.82, 2.24) is 10.3 Å². The SMILES string of the molecule is CCOC(=O)c1ccc2nc(NC(=S)NC(=O)c3ccc(OC)c(Br)c3)sc2c1. The van der Waals surface area contributed by atoms with Crippen molar-refractivity contribution in [3.63, 3.8) is 0 Å². The summed E-state index contributed by atoms with van der Waals surface area (Å²) in [4.78, 5) is 28.7. The van der Waals surface area contributed by atoms with E-state index in [4.69, 9.17) is 21.7 Å². The number of thiocarbonyl (C=S) groups is 1. The molecule has 150 valence electrons. The number of hydrogen-bond acceptors (Lipinski definition) is 7. The maximum atomic E-state index is 12.4. The van der Waals surface area contributed by atoms with E-state index >= 15 is 0 Å². The lowest BCUT2D eigenvalue weighted by Gasteiger charge is -2.09. The first kappa shape index (κ1) is 21.2. The van der Waals surface area contributed by atoms with E-state index in [1.807, 2.05) is 0 Å². The number of nitrogens with zero attached hydrogens (tertiary/aromatic N) is 1. The highest BCUT2D eigenvalue weighted by molar-refractivity contribution is 9.10. The number of ether oxygens (including phenoxy) is 2. The molecular formula is C19H16BrN3O4S2. The lowest BCUT2D eigenvalue weighted by atomic mass is 10.2. The Labute approximate surface area is 184 Å². The molecule has 0 aliphatic carbocycles. The van der Waals surface area contributed by atoms with Gasteiger partial charge in [0, 0.05) is 5.56 Å². The molecule has 1 amide bonds. The molecule has 7 nitrogen and oxygen atoms in total. The first-order valence-electron chi connectivity index (χ1n) is 8.45. The number of carbonyl (C=O) groups is 2. The van der Waals surface area contributed by atoms with Crippen molar-refractivity contribution in [3.05, 3.63) is 52.0 Å². The van der Waals surface area contributed by atoms with Crippen LogP contribution in [0.1, 0.15) is 27.6 Å². The second-order valence-electron chi connectivity index (χ2n) is 5.68. The topological polar surface area (TPSA) is 89.5 Å². The van der Waals surface area contributed by atoms with Gasteiger partial charge >= 0.3 is 5.97 Å². The quantitative estimate of drug-likeness (QED) is 0.402. The summed E-state index contributed by atoms with van der Waals surface area (Å²) in [5.74, 6) is -0.124. The third-order valence-corrected chi connectivity index (χ3v) is 5.52. The Balaban J connectivity index is 1.68. The smallest absolute Gasteiger partial charge is 0.338 e. The van der Waals surface area contributed by atoms with E-state index < -0.39 is 0 Å². The number of thiazole rings is 1. The molecule has 2 N–H and O–H groups in total. The predicted octanol–water partition coefficient (Wildman–Crippen LogP) is 4.37. The maximum absolute atomic E-state index is 12.4. The minimum atomic E-state index is -0.384. The van der Waals surface area contributed by atoms with Crippen LogP contribution in [-0.2, 0) is 4.74 Å². The summed E-state index contributed by atoms with van der Waals surface area (Å²) in [6, 6.07) is 10.1. The van der Waals surface area contributed by atoms with Crippen molar-refractivity contribution in [3.8, 4) is 5.75 Å². The van der Waals surface area contributed by atoms with Crippen LogP contribution in [0.25, 0.3) is 10.2 Å². The standard InChI is InChI=1S/C19H16BrN3O4S2/c1-3-27-17(25)11-4-6-13-15(9-11)29-19(21-13)23-18(28)22-16(24)10-5-7-14(26-2)12(20)8-10/h4-9H,3H2,1-2H3,(H2,21,22,23,24,28). The summed E-state index contributed by atoms with van der Waals surface area (Å²) in [6.45, 7) is 2.07. The highest BCUT2D eigenvalue weighted by Crippen LogP contribution is 2.27. The fourth-order valence-corrected chi connectivity index (χ4v) is 4.13. The van der Waals surface area contributed by atoms with E-state index in [-0.39, 0.29) is 17.0 Å². The number of anilines is 1. The van der Waals surface area contributed by atoms with Crippen molar-refractivity contribution in [2.24, 2.45) is 0 Å². The molecule has 0 radical (unpaired) electrons. The Morgan fingerprint density at radius 2 is 1.97 bits per heavy atom. The number of carbonyl (C=O) groups excluding carboxylic acids is 2. The first-order valence-corrected chi connectivity index (χ1v) is 10.5. The number of halogens is 1. The van der Waals surface area contributed by atoms with Crippen LogP contribution in [0.4, 0.5) is 5.13 Å². The zero-order valence-corrected chi connectivity index (χ0v) is 18.7. The Hall–Kier alpha value is -2.56. The molecule has 1 aromatic heterocycles. The van der Waals surface area contributed by atoms with Crippen molar-refractivity contribution in [2.75, 3.05) is 19.0 Å². The monoisotopic (exact) mass is 493 g/mol. The Morgan fingerprint density at radius 3 is 2.66 bits per heavy atom. The van der Waals surface area contributed by atoms with E-state index in [2.05, 4.69) is 31.5 Å². The van der Waals surface area contributed by atoms with Crippen molar-refractivity contribution < 1.29 is 19.1 Å². The molecule has 0 saturated heterocycles. The predicted molar refractivity (Wildman–Crippen MR) is 120 cm³/mol. The first-order chi connectivity index (χ1) is 13.9. The van der Waals surface area contributed by atoms with Crippen LogP contribution in [0.15, 0.2) is 40.9 Å². The zero-order chi connectivity index (χ0) is 21.0. The van der Waals surface area contributed by atoms with Crippen LogP contribution in [-0.4, -0.2) is 35.7 Å². The summed E-state index contributed by atoms with van der Waals surface area (Å²) in [5.41, 5.74) is 1.58. The molecule has 0 fully saturated rings. The van der Waals surface area contributed by atoms with Gasteiger partial charge in [0.05, 0.1) is 34.0 Å². The van der Waals surface area contributed by atoms with Gasteiger partial charge in [0.2, 0.25) is 0 Å². The van der Waals surface area contributed by atoms with Crippen LogP contribution in [0.5, 0.6) is 5.75 Å². The molecule has 1 heterocycles. The van der Waals surface area contributed by atoms with Crippen LogP contribution in [0.3, 0.4) is 0 Å². The second-order valence-corrected chi connectivity index (χ2v) is 7.97. The Kier molecular flexibility index (Phi) is 6.78. The minimum Gasteiger partial charge on any atom is -0.496 e. The van der Waals surface area contributed by atoms with Gasteiger partial charge in [-0.25, -0.2) is 9.78 Å². The molecule has 0 bridgehead atoms. The van der Waals surface area contributed by atoms with Gasteiger partial charge in [0.25, 0.3) is 5.91 Å². The van der Waals surface area contributed by atoms with E-state index in [1.165, 1.54) is 11.3 Å². The Morgan fingerprint density at radius 1 is 1.21 bits per heavy atom. The molecule has 10 heteroatoms. The minimum absolute atomic E-state index is 0.117. The average molecular weight is 494 g/mol. The Bertz CT molecular complexity index is 1100. The van der Waals surface area contributed by atoms with E-state index in [0.717, 1.165) is 4.70 Å². The fourth-order valence-electron chi connectivity index (χ4n) is 2.43. The van der Waals surface area contributed by atoms with Gasteiger partial charge in [-0.05, 0) is 71.5 Å². The number of aromatic nitrogens is 1. The molecule has 0 saturated carbocycles. The molecule has 0 unspecified atom stereocenters.